The highest BCUT2D eigenvalue weighted by molar-refractivity contribution is 9.11. The van der Waals surface area contributed by atoms with Crippen LogP contribution in [0.2, 0.25) is 0 Å². The fourth-order valence-corrected chi connectivity index (χ4v) is 3.47. The standard InChI is InChI=1S/C12H17Br2N3.2ClH/c1-8(17-4-2-16-3-5-17)10-6-9(13)7-11(14)12(10)15;;/h6-8,16H,2-5,15H2,1H3;2*1H/t8-;;/m1../s1. The van der Waals surface area contributed by atoms with E-state index in [-0.39, 0.29) is 24.8 Å². The van der Waals surface area contributed by atoms with Gasteiger partial charge in [-0.05, 0) is 40.5 Å². The van der Waals surface area contributed by atoms with E-state index in [1.807, 2.05) is 6.07 Å². The zero-order valence-corrected chi connectivity index (χ0v) is 15.5. The molecular formula is C12H19Br2Cl2N3. The normalized spacial score (nSPS) is 17.2. The summed E-state index contributed by atoms with van der Waals surface area (Å²) in [6.07, 6.45) is 0. The monoisotopic (exact) mass is 433 g/mol. The minimum atomic E-state index is 0. The van der Waals surface area contributed by atoms with E-state index < -0.39 is 0 Å². The molecule has 1 heterocycles. The first-order chi connectivity index (χ1) is 8.09. The Kier molecular flexibility index (Phi) is 8.92. The van der Waals surface area contributed by atoms with Gasteiger partial charge in [0.05, 0.1) is 5.69 Å². The van der Waals surface area contributed by atoms with Crippen molar-refractivity contribution in [2.75, 3.05) is 31.9 Å². The number of nitrogens with two attached hydrogens (primary N) is 1. The van der Waals surface area contributed by atoms with E-state index >= 15 is 0 Å². The third-order valence-electron chi connectivity index (χ3n) is 3.28. The second kappa shape index (κ2) is 8.70. The lowest BCUT2D eigenvalue weighted by Crippen LogP contribution is -2.44. The van der Waals surface area contributed by atoms with E-state index in [0.717, 1.165) is 40.8 Å². The van der Waals surface area contributed by atoms with E-state index in [1.54, 1.807) is 0 Å². The van der Waals surface area contributed by atoms with Crippen molar-refractivity contribution in [2.24, 2.45) is 0 Å². The predicted molar refractivity (Wildman–Crippen MR) is 93.6 cm³/mol. The molecule has 1 aliphatic heterocycles. The van der Waals surface area contributed by atoms with Crippen LogP contribution in [0.5, 0.6) is 0 Å². The second-order valence-corrected chi connectivity index (χ2v) is 6.12. The second-order valence-electron chi connectivity index (χ2n) is 4.35. The van der Waals surface area contributed by atoms with Crippen molar-refractivity contribution < 1.29 is 0 Å². The lowest BCUT2D eigenvalue weighted by molar-refractivity contribution is 0.186. The molecule has 19 heavy (non-hydrogen) atoms. The fourth-order valence-electron chi connectivity index (χ4n) is 2.22. The number of piperazine rings is 1. The number of nitrogen functional groups attached to an aromatic ring is 1. The number of nitrogens with one attached hydrogen (secondary N) is 1. The van der Waals surface area contributed by atoms with Crippen LogP contribution in [0, 0.1) is 0 Å². The molecule has 0 radical (unpaired) electrons. The first-order valence-corrected chi connectivity index (χ1v) is 7.37. The van der Waals surface area contributed by atoms with Crippen LogP contribution in [-0.4, -0.2) is 31.1 Å². The Morgan fingerprint density at radius 3 is 2.37 bits per heavy atom. The highest BCUT2D eigenvalue weighted by Crippen LogP contribution is 2.34. The Morgan fingerprint density at radius 1 is 1.21 bits per heavy atom. The molecule has 0 amide bonds. The first-order valence-electron chi connectivity index (χ1n) is 5.79. The van der Waals surface area contributed by atoms with Gasteiger partial charge in [0.25, 0.3) is 0 Å². The molecule has 110 valence electrons. The van der Waals surface area contributed by atoms with Crippen LogP contribution in [0.3, 0.4) is 0 Å². The zero-order valence-electron chi connectivity index (χ0n) is 10.7. The van der Waals surface area contributed by atoms with Crippen molar-refractivity contribution in [3.63, 3.8) is 0 Å². The van der Waals surface area contributed by atoms with E-state index in [4.69, 9.17) is 5.73 Å². The number of benzene rings is 1. The van der Waals surface area contributed by atoms with Gasteiger partial charge in [0.1, 0.15) is 0 Å². The molecule has 3 N–H and O–H groups in total. The molecule has 0 bridgehead atoms. The molecule has 2 rings (SSSR count). The quantitative estimate of drug-likeness (QED) is 0.697. The average Bonchev–Trinajstić information content (AvgIpc) is 2.34. The highest BCUT2D eigenvalue weighted by atomic mass is 79.9. The van der Waals surface area contributed by atoms with Crippen molar-refractivity contribution in [3.05, 3.63) is 26.6 Å². The van der Waals surface area contributed by atoms with Crippen LogP contribution < -0.4 is 11.1 Å². The van der Waals surface area contributed by atoms with Crippen molar-refractivity contribution in [1.29, 1.82) is 0 Å². The summed E-state index contributed by atoms with van der Waals surface area (Å²) in [6, 6.07) is 4.46. The molecule has 0 aliphatic carbocycles. The maximum absolute atomic E-state index is 6.15. The Labute approximate surface area is 143 Å². The molecular weight excluding hydrogens is 417 g/mol. The van der Waals surface area contributed by atoms with Gasteiger partial charge in [-0.1, -0.05) is 15.9 Å². The van der Waals surface area contributed by atoms with Gasteiger partial charge < -0.3 is 11.1 Å². The molecule has 0 spiro atoms. The van der Waals surface area contributed by atoms with Crippen LogP contribution in [0.15, 0.2) is 21.1 Å². The van der Waals surface area contributed by atoms with Crippen LogP contribution >= 0.6 is 56.7 Å². The number of rotatable bonds is 2. The molecule has 1 aromatic rings. The van der Waals surface area contributed by atoms with Crippen LogP contribution in [0.4, 0.5) is 5.69 Å². The number of hydrogen-bond donors (Lipinski definition) is 2. The topological polar surface area (TPSA) is 41.3 Å². The number of hydrogen-bond acceptors (Lipinski definition) is 3. The highest BCUT2D eigenvalue weighted by Gasteiger charge is 2.20. The van der Waals surface area contributed by atoms with E-state index in [0.29, 0.717) is 6.04 Å². The van der Waals surface area contributed by atoms with Crippen LogP contribution in [-0.2, 0) is 0 Å². The molecule has 3 nitrogen and oxygen atoms in total. The average molecular weight is 436 g/mol. The van der Waals surface area contributed by atoms with Gasteiger partial charge in [0.15, 0.2) is 0 Å². The Bertz CT molecular complexity index is 412. The lowest BCUT2D eigenvalue weighted by Gasteiger charge is -2.33. The summed E-state index contributed by atoms with van der Waals surface area (Å²) in [4.78, 5) is 2.46. The molecule has 0 saturated carbocycles. The van der Waals surface area contributed by atoms with E-state index in [9.17, 15) is 0 Å². The Balaban J connectivity index is 0.00000162. The minimum absolute atomic E-state index is 0. The van der Waals surface area contributed by atoms with Crippen molar-refractivity contribution in [3.8, 4) is 0 Å². The molecule has 1 saturated heterocycles. The summed E-state index contributed by atoms with van der Waals surface area (Å²) in [6.45, 7) is 6.48. The third kappa shape index (κ3) is 4.76. The molecule has 1 fully saturated rings. The summed E-state index contributed by atoms with van der Waals surface area (Å²) >= 11 is 7.03. The molecule has 1 aromatic carbocycles. The summed E-state index contributed by atoms with van der Waals surface area (Å²) in [5.41, 5.74) is 8.18. The van der Waals surface area contributed by atoms with E-state index in [2.05, 4.69) is 55.1 Å². The first kappa shape index (κ1) is 19.5. The minimum Gasteiger partial charge on any atom is -0.398 e. The SMILES string of the molecule is C[C@H](c1cc(Br)cc(Br)c1N)N1CCNCC1.Cl.Cl. The predicted octanol–water partition coefficient (Wildman–Crippen LogP) is 3.60. The third-order valence-corrected chi connectivity index (χ3v) is 4.39. The molecule has 1 aliphatic rings. The summed E-state index contributed by atoms with van der Waals surface area (Å²) < 4.78 is 2.03. The largest absolute Gasteiger partial charge is 0.398 e. The van der Waals surface area contributed by atoms with Gasteiger partial charge >= 0.3 is 0 Å². The number of anilines is 1. The van der Waals surface area contributed by atoms with Gasteiger partial charge in [0.2, 0.25) is 0 Å². The van der Waals surface area contributed by atoms with E-state index in [1.165, 1.54) is 5.56 Å². The molecule has 7 heteroatoms. The van der Waals surface area contributed by atoms with Crippen molar-refractivity contribution in [2.45, 2.75) is 13.0 Å². The molecule has 0 aromatic heterocycles. The van der Waals surface area contributed by atoms with Crippen LogP contribution in [0.25, 0.3) is 0 Å². The summed E-state index contributed by atoms with van der Waals surface area (Å²) in [5.74, 6) is 0. The van der Waals surface area contributed by atoms with Gasteiger partial charge in [-0.3, -0.25) is 4.90 Å². The summed E-state index contributed by atoms with van der Waals surface area (Å²) in [5, 5.41) is 3.37. The number of nitrogens with zero attached hydrogens (tertiary/aromatic N) is 1. The van der Waals surface area contributed by atoms with Gasteiger partial charge in [0, 0.05) is 41.2 Å². The zero-order chi connectivity index (χ0) is 12.4. The lowest BCUT2D eigenvalue weighted by atomic mass is 10.0. The molecule has 0 unspecified atom stereocenters. The Morgan fingerprint density at radius 2 is 1.79 bits per heavy atom. The summed E-state index contributed by atoms with van der Waals surface area (Å²) in [7, 11) is 0. The smallest absolute Gasteiger partial charge is 0.0507 e. The van der Waals surface area contributed by atoms with Crippen molar-refractivity contribution >= 4 is 62.4 Å². The van der Waals surface area contributed by atoms with Crippen molar-refractivity contribution in [1.82, 2.24) is 10.2 Å². The maximum Gasteiger partial charge on any atom is 0.0507 e. The maximum atomic E-state index is 6.15. The number of halogens is 4. The fraction of sp³-hybridized carbons (Fsp3) is 0.500. The van der Waals surface area contributed by atoms with Gasteiger partial charge in [-0.25, -0.2) is 0 Å². The van der Waals surface area contributed by atoms with Gasteiger partial charge in [-0.15, -0.1) is 24.8 Å². The van der Waals surface area contributed by atoms with Crippen LogP contribution in [0.1, 0.15) is 18.5 Å². The molecule has 1 atom stereocenters. The van der Waals surface area contributed by atoms with Gasteiger partial charge in [-0.2, -0.15) is 0 Å². The Hall–Kier alpha value is 0.480.